The fraction of sp³-hybridized carbons (Fsp3) is 0.474. The second-order valence-electron chi connectivity index (χ2n) is 13.6. The Morgan fingerprint density at radius 3 is 1.79 bits per heavy atom. The molecule has 0 saturated carbocycles. The zero-order chi connectivity index (χ0) is 37.4. The van der Waals surface area contributed by atoms with E-state index in [2.05, 4.69) is 54.3 Å². The van der Waals surface area contributed by atoms with Crippen molar-refractivity contribution >= 4 is 24.0 Å². The van der Waals surface area contributed by atoms with Crippen molar-refractivity contribution in [2.75, 3.05) is 27.3 Å². The van der Waals surface area contributed by atoms with Crippen molar-refractivity contribution in [1.82, 2.24) is 35.4 Å². The molecule has 0 spiro atoms. The molecule has 2 aliphatic heterocycles. The first-order valence-electron chi connectivity index (χ1n) is 17.6. The van der Waals surface area contributed by atoms with E-state index in [-0.39, 0.29) is 35.7 Å². The average Bonchev–Trinajstić information content (AvgIpc) is 3.97. The van der Waals surface area contributed by atoms with Crippen LogP contribution in [0.5, 0.6) is 0 Å². The minimum absolute atomic E-state index is 0.105. The predicted molar refractivity (Wildman–Crippen MR) is 190 cm³/mol. The number of nitrogens with zero attached hydrogens (tertiary/aromatic N) is 3. The number of ether oxygens (including phenoxy) is 2. The Kier molecular flexibility index (Phi) is 12.2. The topological polar surface area (TPSA) is 176 Å². The van der Waals surface area contributed by atoms with E-state index < -0.39 is 24.3 Å². The van der Waals surface area contributed by atoms with Crippen molar-refractivity contribution in [3.05, 3.63) is 70.8 Å². The number of amides is 4. The highest BCUT2D eigenvalue weighted by Gasteiger charge is 2.40. The van der Waals surface area contributed by atoms with Gasteiger partial charge in [-0.1, -0.05) is 39.5 Å². The summed E-state index contributed by atoms with van der Waals surface area (Å²) in [6.07, 6.45) is 5.41. The van der Waals surface area contributed by atoms with Gasteiger partial charge in [-0.05, 0) is 73.6 Å². The molecule has 14 heteroatoms. The molecular weight excluding hydrogens is 664 g/mol. The molecule has 1 aromatic carbocycles. The van der Waals surface area contributed by atoms with Crippen LogP contribution >= 0.6 is 0 Å². The summed E-state index contributed by atoms with van der Waals surface area (Å²) in [4.78, 5) is 68.5. The number of likely N-dealkylation sites (tertiary alicyclic amines) is 2. The predicted octanol–water partition coefficient (Wildman–Crippen LogP) is 3.44. The highest BCUT2D eigenvalue weighted by atomic mass is 16.5. The van der Waals surface area contributed by atoms with Crippen molar-refractivity contribution < 1.29 is 33.6 Å². The summed E-state index contributed by atoms with van der Waals surface area (Å²) >= 11 is 0. The Morgan fingerprint density at radius 2 is 1.27 bits per heavy atom. The largest absolute Gasteiger partial charge is 0.453 e. The number of nitrogens with one attached hydrogen (secondary N) is 5. The van der Waals surface area contributed by atoms with Gasteiger partial charge in [0.2, 0.25) is 17.5 Å². The molecule has 2 saturated heterocycles. The maximum absolute atomic E-state index is 13.4. The van der Waals surface area contributed by atoms with Crippen LogP contribution < -0.4 is 15.6 Å². The Morgan fingerprint density at radius 1 is 0.769 bits per heavy atom. The number of imidazole rings is 2. The van der Waals surface area contributed by atoms with Gasteiger partial charge in [0.1, 0.15) is 35.8 Å². The van der Waals surface area contributed by atoms with Gasteiger partial charge in [-0.2, -0.15) is 0 Å². The third-order valence-electron chi connectivity index (χ3n) is 9.31. The number of benzene rings is 1. The lowest BCUT2D eigenvalue weighted by Crippen LogP contribution is -2.51. The number of rotatable bonds is 8. The molecule has 4 heterocycles. The van der Waals surface area contributed by atoms with Crippen LogP contribution in [0.2, 0.25) is 0 Å². The van der Waals surface area contributed by atoms with E-state index in [4.69, 9.17) is 9.47 Å². The third kappa shape index (κ3) is 8.93. The molecule has 4 amide bonds. The lowest BCUT2D eigenvalue weighted by molar-refractivity contribution is -0.393. The number of H-pyrrole nitrogens is 3. The second kappa shape index (κ2) is 17.0. The van der Waals surface area contributed by atoms with Gasteiger partial charge < -0.3 is 34.9 Å². The number of methoxy groups -OCH3 is 2. The van der Waals surface area contributed by atoms with E-state index in [0.717, 1.165) is 42.6 Å². The number of hydrogen-bond acceptors (Lipinski definition) is 7. The lowest BCUT2D eigenvalue weighted by atomic mass is 10.0. The summed E-state index contributed by atoms with van der Waals surface area (Å²) in [5.74, 6) is 13.5. The van der Waals surface area contributed by atoms with Crippen LogP contribution in [0.3, 0.4) is 0 Å². The van der Waals surface area contributed by atoms with Gasteiger partial charge in [0.05, 0.1) is 26.5 Å². The van der Waals surface area contributed by atoms with E-state index in [9.17, 15) is 19.2 Å². The zero-order valence-electron chi connectivity index (χ0n) is 30.5. The van der Waals surface area contributed by atoms with Crippen LogP contribution in [0.1, 0.15) is 99.6 Å². The molecule has 4 atom stereocenters. The van der Waals surface area contributed by atoms with Crippen molar-refractivity contribution in [1.29, 1.82) is 0 Å². The van der Waals surface area contributed by atoms with Crippen molar-refractivity contribution in [2.24, 2.45) is 11.8 Å². The highest BCUT2D eigenvalue weighted by Crippen LogP contribution is 2.32. The molecule has 2 fully saturated rings. The van der Waals surface area contributed by atoms with Gasteiger partial charge in [0.15, 0.2) is 0 Å². The van der Waals surface area contributed by atoms with Gasteiger partial charge >= 0.3 is 12.2 Å². The molecule has 0 bridgehead atoms. The first-order chi connectivity index (χ1) is 25.0. The number of carbonyl (C=O) groups excluding carboxylic acids is 4. The summed E-state index contributed by atoms with van der Waals surface area (Å²) < 4.78 is 9.45. The van der Waals surface area contributed by atoms with Crippen molar-refractivity contribution in [2.45, 2.75) is 77.5 Å². The summed E-state index contributed by atoms with van der Waals surface area (Å²) in [7, 11) is 2.56. The molecule has 0 unspecified atom stereocenters. The molecule has 52 heavy (non-hydrogen) atoms. The average molecular weight is 712 g/mol. The SMILES string of the molecule is COC(=O)N[C@H](C(=O)N1CCC[C@H]1c1ncc(C#Cc2ccc(C#Cc3c[nH+]c([C@@H]4CCCN4C(=O)[C@@H](NC(=O)OC)C(C)C)[nH]3)cc2)[nH]1)C(C)C. The lowest BCUT2D eigenvalue weighted by Gasteiger charge is -2.29. The molecule has 3 aromatic rings. The van der Waals surface area contributed by atoms with E-state index >= 15 is 0 Å². The number of aromatic nitrogens is 4. The molecule has 5 rings (SSSR count). The first-order valence-corrected chi connectivity index (χ1v) is 17.6. The fourth-order valence-corrected chi connectivity index (χ4v) is 6.50. The summed E-state index contributed by atoms with van der Waals surface area (Å²) in [5.41, 5.74) is 2.93. The van der Waals surface area contributed by atoms with Gasteiger partial charge in [-0.25, -0.2) is 24.5 Å². The molecule has 2 aromatic heterocycles. The van der Waals surface area contributed by atoms with Crippen LogP contribution in [0.15, 0.2) is 36.7 Å². The maximum Gasteiger partial charge on any atom is 0.407 e. The summed E-state index contributed by atoms with van der Waals surface area (Å²) in [5, 5.41) is 5.34. The standard InChI is InChI=1S/C38H46N8O6/c1-23(2)31(43-37(49)51-5)35(47)45-19-7-9-29(45)33-39-21-27(41-33)17-15-25-11-13-26(14-12-25)16-18-28-22-40-34(42-28)30-10-8-20-46(30)36(48)32(24(3)4)44-38(50)52-6/h11-14,21-24,29-32H,7-10,19-20H2,1-6H3,(H,39,41)(H,40,42)(H,43,49)(H,44,50)/p+1/t29-,30-,31-,32-/m0/s1. The van der Waals surface area contributed by atoms with Crippen LogP contribution in [0.4, 0.5) is 9.59 Å². The minimum atomic E-state index is -0.699. The first kappa shape index (κ1) is 37.5. The number of alkyl carbamates (subject to hydrolysis) is 2. The van der Waals surface area contributed by atoms with E-state index in [1.165, 1.54) is 14.2 Å². The van der Waals surface area contributed by atoms with Crippen molar-refractivity contribution in [3.8, 4) is 23.7 Å². The van der Waals surface area contributed by atoms with Gasteiger partial charge in [-0.15, -0.1) is 0 Å². The zero-order valence-corrected chi connectivity index (χ0v) is 30.5. The van der Waals surface area contributed by atoms with Gasteiger partial charge in [0.25, 0.3) is 5.82 Å². The number of carbonyl (C=O) groups is 4. The Balaban J connectivity index is 1.20. The number of aromatic amines is 3. The third-order valence-corrected chi connectivity index (χ3v) is 9.31. The second-order valence-corrected chi connectivity index (χ2v) is 13.6. The van der Waals surface area contributed by atoms with Gasteiger partial charge in [-0.3, -0.25) is 9.59 Å². The Labute approximate surface area is 303 Å². The van der Waals surface area contributed by atoms with Crippen LogP contribution in [-0.4, -0.2) is 88.1 Å². The van der Waals surface area contributed by atoms with E-state index in [1.807, 2.05) is 52.0 Å². The molecule has 0 aliphatic carbocycles. The molecule has 14 nitrogen and oxygen atoms in total. The quantitative estimate of drug-likeness (QED) is 0.259. The minimum Gasteiger partial charge on any atom is -0.453 e. The summed E-state index contributed by atoms with van der Waals surface area (Å²) in [6, 6.07) is 5.79. The van der Waals surface area contributed by atoms with Crippen LogP contribution in [-0.2, 0) is 19.1 Å². The van der Waals surface area contributed by atoms with Crippen LogP contribution in [0, 0.1) is 35.5 Å². The monoisotopic (exact) mass is 711 g/mol. The smallest absolute Gasteiger partial charge is 0.407 e. The number of hydrogen-bond donors (Lipinski definition) is 4. The molecule has 0 radical (unpaired) electrons. The van der Waals surface area contributed by atoms with Crippen molar-refractivity contribution in [3.63, 3.8) is 0 Å². The Hall–Kier alpha value is -5.76. The summed E-state index contributed by atoms with van der Waals surface area (Å²) in [6.45, 7) is 8.71. The van der Waals surface area contributed by atoms with Gasteiger partial charge in [0, 0.05) is 24.2 Å². The fourth-order valence-electron chi connectivity index (χ4n) is 6.50. The Bertz CT molecular complexity index is 1740. The maximum atomic E-state index is 13.4. The molecule has 2 aliphatic rings. The van der Waals surface area contributed by atoms with E-state index in [1.54, 1.807) is 22.2 Å². The van der Waals surface area contributed by atoms with Crippen LogP contribution in [0.25, 0.3) is 0 Å². The molecular formula is C38H47N8O6+. The highest BCUT2D eigenvalue weighted by molar-refractivity contribution is 5.87. The molecule has 5 N–H and O–H groups in total. The normalized spacial score (nSPS) is 17.8. The van der Waals surface area contributed by atoms with E-state index in [0.29, 0.717) is 30.3 Å². The molecule has 274 valence electrons.